The van der Waals surface area contributed by atoms with Gasteiger partial charge in [-0.2, -0.15) is 13.2 Å². The van der Waals surface area contributed by atoms with Crippen LogP contribution in [0.2, 0.25) is 0 Å². The lowest BCUT2D eigenvalue weighted by Crippen LogP contribution is -2.55. The van der Waals surface area contributed by atoms with Gasteiger partial charge in [-0.25, -0.2) is 0 Å². The minimum Gasteiger partial charge on any atom is -0.345 e. The van der Waals surface area contributed by atoms with Gasteiger partial charge in [0.1, 0.15) is 5.41 Å². The average Bonchev–Trinajstić information content (AvgIpc) is 2.35. The van der Waals surface area contributed by atoms with Crippen molar-refractivity contribution in [2.24, 2.45) is 5.41 Å². The highest BCUT2D eigenvalue weighted by molar-refractivity contribution is 5.84. The summed E-state index contributed by atoms with van der Waals surface area (Å²) in [7, 11) is 1.44. The largest absolute Gasteiger partial charge is 0.403 e. The number of likely N-dealkylation sites (tertiary alicyclic amines) is 1. The fourth-order valence-electron chi connectivity index (χ4n) is 2.66. The molecule has 1 atom stereocenters. The number of hydrogen-bond donors (Lipinski definition) is 0. The van der Waals surface area contributed by atoms with E-state index in [4.69, 9.17) is 0 Å². The van der Waals surface area contributed by atoms with Gasteiger partial charge in [0.25, 0.3) is 0 Å². The summed E-state index contributed by atoms with van der Waals surface area (Å²) in [4.78, 5) is 13.3. The van der Waals surface area contributed by atoms with Gasteiger partial charge in [0, 0.05) is 13.6 Å². The lowest BCUT2D eigenvalue weighted by molar-refractivity contribution is -0.233. The van der Waals surface area contributed by atoms with Crippen molar-refractivity contribution < 1.29 is 18.0 Å². The molecular formula is C14H16F3NO. The Kier molecular flexibility index (Phi) is 3.56. The standard InChI is InChI=1S/C14H16F3NO/c1-18-9-5-8-13(12(18)19,14(15,16)17)10-11-6-3-2-4-7-11/h2-4,6-7H,5,8-10H2,1H3. The molecule has 1 aromatic rings. The molecule has 1 heterocycles. The summed E-state index contributed by atoms with van der Waals surface area (Å²) in [6.07, 6.45) is -4.54. The van der Waals surface area contributed by atoms with Gasteiger partial charge < -0.3 is 4.90 Å². The van der Waals surface area contributed by atoms with Crippen LogP contribution in [-0.4, -0.2) is 30.6 Å². The van der Waals surface area contributed by atoms with Crippen molar-refractivity contribution in [2.45, 2.75) is 25.4 Å². The summed E-state index contributed by atoms with van der Waals surface area (Å²) in [6, 6.07) is 8.40. The van der Waals surface area contributed by atoms with E-state index in [1.807, 2.05) is 0 Å². The molecule has 1 saturated heterocycles. The first-order valence-corrected chi connectivity index (χ1v) is 6.23. The molecule has 0 N–H and O–H groups in total. The molecule has 2 nitrogen and oxygen atoms in total. The highest BCUT2D eigenvalue weighted by Crippen LogP contribution is 2.47. The minimum absolute atomic E-state index is 0.130. The zero-order valence-electron chi connectivity index (χ0n) is 10.7. The molecule has 0 aliphatic carbocycles. The van der Waals surface area contributed by atoms with E-state index in [1.54, 1.807) is 30.3 Å². The second-order valence-corrected chi connectivity index (χ2v) is 5.07. The summed E-state index contributed by atoms with van der Waals surface area (Å²) in [5, 5.41) is 0. The summed E-state index contributed by atoms with van der Waals surface area (Å²) < 4.78 is 40.4. The smallest absolute Gasteiger partial charge is 0.345 e. The van der Waals surface area contributed by atoms with E-state index in [9.17, 15) is 18.0 Å². The van der Waals surface area contributed by atoms with Crippen LogP contribution in [0.3, 0.4) is 0 Å². The zero-order valence-corrected chi connectivity index (χ0v) is 10.7. The van der Waals surface area contributed by atoms with Crippen LogP contribution in [0.1, 0.15) is 18.4 Å². The number of nitrogens with zero attached hydrogens (tertiary/aromatic N) is 1. The van der Waals surface area contributed by atoms with Gasteiger partial charge in [-0.1, -0.05) is 30.3 Å². The lowest BCUT2D eigenvalue weighted by Gasteiger charge is -2.41. The van der Waals surface area contributed by atoms with Crippen molar-refractivity contribution in [1.82, 2.24) is 4.90 Å². The van der Waals surface area contributed by atoms with Gasteiger partial charge in [0.2, 0.25) is 5.91 Å². The Hall–Kier alpha value is -1.52. The predicted molar refractivity (Wildman–Crippen MR) is 65.5 cm³/mol. The number of alkyl halides is 3. The third-order valence-electron chi connectivity index (χ3n) is 3.74. The molecule has 1 aromatic carbocycles. The number of rotatable bonds is 2. The Morgan fingerprint density at radius 3 is 2.47 bits per heavy atom. The van der Waals surface area contributed by atoms with E-state index >= 15 is 0 Å². The fourth-order valence-corrected chi connectivity index (χ4v) is 2.66. The van der Waals surface area contributed by atoms with Gasteiger partial charge in [-0.05, 0) is 24.8 Å². The number of halogens is 3. The van der Waals surface area contributed by atoms with Crippen molar-refractivity contribution in [1.29, 1.82) is 0 Å². The molecule has 2 rings (SSSR count). The predicted octanol–water partition coefficient (Wildman–Crippen LogP) is 3.03. The van der Waals surface area contributed by atoms with Crippen LogP contribution in [0.25, 0.3) is 0 Å². The normalized spacial score (nSPS) is 24.6. The molecule has 1 unspecified atom stereocenters. The first-order valence-electron chi connectivity index (χ1n) is 6.23. The maximum atomic E-state index is 13.5. The molecule has 0 aromatic heterocycles. The summed E-state index contributed by atoms with van der Waals surface area (Å²) >= 11 is 0. The summed E-state index contributed by atoms with van der Waals surface area (Å²) in [6.45, 7) is 0.394. The molecule has 0 saturated carbocycles. The maximum Gasteiger partial charge on any atom is 0.403 e. The minimum atomic E-state index is -4.52. The van der Waals surface area contributed by atoms with Crippen molar-refractivity contribution in [3.05, 3.63) is 35.9 Å². The van der Waals surface area contributed by atoms with Crippen molar-refractivity contribution in [3.8, 4) is 0 Å². The summed E-state index contributed by atoms with van der Waals surface area (Å²) in [5.41, 5.74) is -1.72. The van der Waals surface area contributed by atoms with Crippen molar-refractivity contribution >= 4 is 5.91 Å². The fraction of sp³-hybridized carbons (Fsp3) is 0.500. The Morgan fingerprint density at radius 1 is 1.26 bits per heavy atom. The first-order chi connectivity index (χ1) is 8.87. The highest BCUT2D eigenvalue weighted by Gasteiger charge is 2.61. The van der Waals surface area contributed by atoms with Crippen LogP contribution in [0.5, 0.6) is 0 Å². The van der Waals surface area contributed by atoms with Crippen molar-refractivity contribution in [3.63, 3.8) is 0 Å². The molecule has 19 heavy (non-hydrogen) atoms. The molecule has 0 bridgehead atoms. The Morgan fingerprint density at radius 2 is 1.89 bits per heavy atom. The van der Waals surface area contributed by atoms with Crippen LogP contribution in [0.15, 0.2) is 30.3 Å². The molecule has 104 valence electrons. The molecule has 5 heteroatoms. The molecule has 0 radical (unpaired) electrons. The monoisotopic (exact) mass is 271 g/mol. The molecule has 1 fully saturated rings. The maximum absolute atomic E-state index is 13.5. The van der Waals surface area contributed by atoms with Gasteiger partial charge in [-0.3, -0.25) is 4.79 Å². The number of carbonyl (C=O) groups excluding carboxylic acids is 1. The van der Waals surface area contributed by atoms with E-state index < -0.39 is 17.5 Å². The number of amides is 1. The zero-order chi connectivity index (χ0) is 14.1. The third kappa shape index (κ3) is 2.46. The van der Waals surface area contributed by atoms with Crippen LogP contribution in [-0.2, 0) is 11.2 Å². The number of hydrogen-bond acceptors (Lipinski definition) is 1. The van der Waals surface area contributed by atoms with Gasteiger partial charge in [0.15, 0.2) is 0 Å². The quantitative estimate of drug-likeness (QED) is 0.809. The molecule has 1 aliphatic rings. The van der Waals surface area contributed by atoms with Crippen molar-refractivity contribution in [2.75, 3.05) is 13.6 Å². The van der Waals surface area contributed by atoms with E-state index in [0.29, 0.717) is 18.5 Å². The van der Waals surface area contributed by atoms with Gasteiger partial charge in [0.05, 0.1) is 0 Å². The summed E-state index contributed by atoms with van der Waals surface area (Å²) in [5.74, 6) is -0.810. The van der Waals surface area contributed by atoms with Gasteiger partial charge in [-0.15, -0.1) is 0 Å². The first kappa shape index (κ1) is 13.9. The Labute approximate surface area is 110 Å². The molecular weight excluding hydrogens is 255 g/mol. The Bertz CT molecular complexity index is 458. The second kappa shape index (κ2) is 4.87. The van der Waals surface area contributed by atoms with E-state index in [1.165, 1.54) is 11.9 Å². The molecule has 1 amide bonds. The molecule has 1 aliphatic heterocycles. The number of carbonyl (C=O) groups is 1. The number of benzene rings is 1. The third-order valence-corrected chi connectivity index (χ3v) is 3.74. The Balaban J connectivity index is 2.38. The van der Waals surface area contributed by atoms with E-state index in [0.717, 1.165) is 0 Å². The van der Waals surface area contributed by atoms with E-state index in [2.05, 4.69) is 0 Å². The highest BCUT2D eigenvalue weighted by atomic mass is 19.4. The topological polar surface area (TPSA) is 20.3 Å². The second-order valence-electron chi connectivity index (χ2n) is 5.07. The SMILES string of the molecule is CN1CCCC(Cc2ccccc2)(C(F)(F)F)C1=O. The molecule has 0 spiro atoms. The number of piperidine rings is 1. The lowest BCUT2D eigenvalue weighted by atomic mass is 9.73. The van der Waals surface area contributed by atoms with Gasteiger partial charge >= 0.3 is 6.18 Å². The van der Waals surface area contributed by atoms with Crippen LogP contribution in [0, 0.1) is 5.41 Å². The van der Waals surface area contributed by atoms with E-state index in [-0.39, 0.29) is 12.8 Å². The van der Waals surface area contributed by atoms with Crippen LogP contribution < -0.4 is 0 Å². The van der Waals surface area contributed by atoms with Crippen LogP contribution in [0.4, 0.5) is 13.2 Å². The van der Waals surface area contributed by atoms with Crippen LogP contribution >= 0.6 is 0 Å². The average molecular weight is 271 g/mol.